The molecular weight excluding hydrogens is 278 g/mol. The highest BCUT2D eigenvalue weighted by molar-refractivity contribution is 5.97. The summed E-state index contributed by atoms with van der Waals surface area (Å²) in [5.74, 6) is -1.29. The number of hydrogen-bond donors (Lipinski definition) is 0. The van der Waals surface area contributed by atoms with Gasteiger partial charge in [0.1, 0.15) is 11.6 Å². The maximum Gasteiger partial charge on any atom is 0.200 e. The number of hydrogen-bond acceptors (Lipinski definition) is 3. The first-order chi connectivity index (χ1) is 10.1. The molecule has 3 nitrogen and oxygen atoms in total. The van der Waals surface area contributed by atoms with E-state index in [0.717, 1.165) is 18.2 Å². The molecule has 0 radical (unpaired) electrons. The Kier molecular flexibility index (Phi) is 4.87. The van der Waals surface area contributed by atoms with Gasteiger partial charge in [-0.05, 0) is 43.3 Å². The van der Waals surface area contributed by atoms with Crippen molar-refractivity contribution in [1.82, 2.24) is 0 Å². The Bertz CT molecular complexity index is 624. The van der Waals surface area contributed by atoms with E-state index in [-0.39, 0.29) is 18.1 Å². The summed E-state index contributed by atoms with van der Waals surface area (Å²) in [4.78, 5) is 11.9. The van der Waals surface area contributed by atoms with Crippen molar-refractivity contribution >= 4 is 5.78 Å². The molecule has 0 saturated heterocycles. The van der Waals surface area contributed by atoms with Crippen LogP contribution < -0.4 is 9.47 Å². The maximum absolute atomic E-state index is 13.3. The molecule has 5 heteroatoms. The Morgan fingerprint density at radius 3 is 2.43 bits per heavy atom. The largest absolute Gasteiger partial charge is 0.494 e. The minimum atomic E-state index is -0.712. The van der Waals surface area contributed by atoms with E-state index in [0.29, 0.717) is 17.9 Å². The summed E-state index contributed by atoms with van der Waals surface area (Å²) < 4.78 is 36.6. The fourth-order valence-electron chi connectivity index (χ4n) is 1.72. The van der Waals surface area contributed by atoms with Gasteiger partial charge in [0.25, 0.3) is 0 Å². The second-order valence-corrected chi connectivity index (χ2v) is 4.24. The zero-order chi connectivity index (χ0) is 15.2. The molecule has 0 amide bonds. The molecule has 2 aromatic carbocycles. The third-order valence-corrected chi connectivity index (χ3v) is 2.74. The zero-order valence-electron chi connectivity index (χ0n) is 11.4. The monoisotopic (exact) mass is 292 g/mol. The first kappa shape index (κ1) is 15.0. The van der Waals surface area contributed by atoms with Crippen molar-refractivity contribution in [2.75, 3.05) is 13.2 Å². The third kappa shape index (κ3) is 4.02. The van der Waals surface area contributed by atoms with Gasteiger partial charge in [0.05, 0.1) is 6.61 Å². The Labute approximate surface area is 121 Å². The van der Waals surface area contributed by atoms with E-state index < -0.39 is 11.6 Å². The minimum absolute atomic E-state index is 0.283. The summed E-state index contributed by atoms with van der Waals surface area (Å²) in [7, 11) is 0. The van der Waals surface area contributed by atoms with Crippen LogP contribution in [-0.2, 0) is 0 Å². The molecule has 0 bridgehead atoms. The average molecular weight is 292 g/mol. The number of rotatable bonds is 6. The Balaban J connectivity index is 1.99. The number of carbonyl (C=O) groups is 1. The fourth-order valence-corrected chi connectivity index (χ4v) is 1.72. The van der Waals surface area contributed by atoms with Crippen molar-refractivity contribution in [1.29, 1.82) is 0 Å². The van der Waals surface area contributed by atoms with E-state index in [2.05, 4.69) is 0 Å². The van der Waals surface area contributed by atoms with E-state index in [1.54, 1.807) is 24.3 Å². The molecule has 0 heterocycles. The number of ketones is 1. The van der Waals surface area contributed by atoms with Gasteiger partial charge in [-0.3, -0.25) is 4.79 Å². The van der Waals surface area contributed by atoms with Gasteiger partial charge in [-0.2, -0.15) is 0 Å². The molecule has 21 heavy (non-hydrogen) atoms. The summed E-state index contributed by atoms with van der Waals surface area (Å²) in [6.07, 6.45) is 0. The van der Waals surface area contributed by atoms with Crippen molar-refractivity contribution in [3.05, 3.63) is 59.7 Å². The minimum Gasteiger partial charge on any atom is -0.494 e. The van der Waals surface area contributed by atoms with Gasteiger partial charge in [-0.25, -0.2) is 8.78 Å². The quantitative estimate of drug-likeness (QED) is 0.763. The van der Waals surface area contributed by atoms with E-state index in [1.807, 2.05) is 6.92 Å². The molecule has 0 aromatic heterocycles. The van der Waals surface area contributed by atoms with Gasteiger partial charge in [0.15, 0.2) is 24.0 Å². The molecule has 2 aromatic rings. The molecule has 0 aliphatic carbocycles. The molecular formula is C16H14F2O3. The lowest BCUT2D eigenvalue weighted by Gasteiger charge is -2.07. The van der Waals surface area contributed by atoms with Crippen LogP contribution in [0, 0.1) is 11.6 Å². The zero-order valence-corrected chi connectivity index (χ0v) is 11.4. The van der Waals surface area contributed by atoms with Gasteiger partial charge in [-0.15, -0.1) is 0 Å². The molecule has 110 valence electrons. The number of benzene rings is 2. The number of ether oxygens (including phenoxy) is 2. The van der Waals surface area contributed by atoms with Crippen LogP contribution in [0.4, 0.5) is 8.78 Å². The standard InChI is InChI=1S/C16H14F2O3/c1-2-20-13-6-3-11(4-7-13)15(19)10-21-16-9-12(17)5-8-14(16)18/h3-9H,2,10H2,1H3. The Hall–Kier alpha value is -2.43. The van der Waals surface area contributed by atoms with E-state index in [1.165, 1.54) is 0 Å². The van der Waals surface area contributed by atoms with Gasteiger partial charge < -0.3 is 9.47 Å². The summed E-state index contributed by atoms with van der Waals surface area (Å²) >= 11 is 0. The van der Waals surface area contributed by atoms with E-state index in [4.69, 9.17) is 9.47 Å². The van der Waals surface area contributed by atoms with E-state index in [9.17, 15) is 13.6 Å². The first-order valence-electron chi connectivity index (χ1n) is 6.44. The second kappa shape index (κ2) is 6.83. The number of carbonyl (C=O) groups excluding carboxylic acids is 1. The molecule has 0 fully saturated rings. The lowest BCUT2D eigenvalue weighted by atomic mass is 10.1. The highest BCUT2D eigenvalue weighted by atomic mass is 19.1. The predicted molar refractivity (Wildman–Crippen MR) is 73.8 cm³/mol. The SMILES string of the molecule is CCOc1ccc(C(=O)COc2cc(F)ccc2F)cc1. The molecule has 0 N–H and O–H groups in total. The van der Waals surface area contributed by atoms with Crippen LogP contribution in [0.25, 0.3) is 0 Å². The lowest BCUT2D eigenvalue weighted by Crippen LogP contribution is -2.12. The van der Waals surface area contributed by atoms with Gasteiger partial charge in [0.2, 0.25) is 0 Å². The molecule has 0 saturated carbocycles. The van der Waals surface area contributed by atoms with Crippen LogP contribution in [0.15, 0.2) is 42.5 Å². The first-order valence-corrected chi connectivity index (χ1v) is 6.44. The van der Waals surface area contributed by atoms with Gasteiger partial charge in [-0.1, -0.05) is 0 Å². The summed E-state index contributed by atoms with van der Waals surface area (Å²) in [6.45, 7) is 2.03. The maximum atomic E-state index is 13.3. The highest BCUT2D eigenvalue weighted by Crippen LogP contribution is 2.18. The molecule has 0 atom stereocenters. The average Bonchev–Trinajstić information content (AvgIpc) is 2.49. The topological polar surface area (TPSA) is 35.5 Å². The fraction of sp³-hybridized carbons (Fsp3) is 0.188. The Morgan fingerprint density at radius 1 is 1.05 bits per heavy atom. The Morgan fingerprint density at radius 2 is 1.76 bits per heavy atom. The van der Waals surface area contributed by atoms with Gasteiger partial charge in [0, 0.05) is 11.6 Å². The summed E-state index contributed by atoms with van der Waals surface area (Å²) in [5, 5.41) is 0. The molecule has 0 unspecified atom stereocenters. The molecule has 0 aliphatic rings. The van der Waals surface area contributed by atoms with Crippen LogP contribution in [0.3, 0.4) is 0 Å². The summed E-state index contributed by atoms with van der Waals surface area (Å²) in [6, 6.07) is 9.36. The number of halogens is 2. The van der Waals surface area contributed by atoms with Crippen LogP contribution >= 0.6 is 0 Å². The van der Waals surface area contributed by atoms with Crippen molar-refractivity contribution in [2.24, 2.45) is 0 Å². The van der Waals surface area contributed by atoms with Crippen LogP contribution in [0.5, 0.6) is 11.5 Å². The van der Waals surface area contributed by atoms with Crippen LogP contribution in [-0.4, -0.2) is 19.0 Å². The third-order valence-electron chi connectivity index (χ3n) is 2.74. The van der Waals surface area contributed by atoms with Crippen LogP contribution in [0.1, 0.15) is 17.3 Å². The van der Waals surface area contributed by atoms with Gasteiger partial charge >= 0.3 is 0 Å². The normalized spacial score (nSPS) is 10.2. The van der Waals surface area contributed by atoms with Crippen molar-refractivity contribution < 1.29 is 23.0 Å². The predicted octanol–water partition coefficient (Wildman–Crippen LogP) is 3.63. The molecule has 0 aliphatic heterocycles. The molecule has 0 spiro atoms. The van der Waals surface area contributed by atoms with E-state index >= 15 is 0 Å². The summed E-state index contributed by atoms with van der Waals surface area (Å²) in [5.41, 5.74) is 0.412. The molecule has 2 rings (SSSR count). The van der Waals surface area contributed by atoms with Crippen molar-refractivity contribution in [3.63, 3.8) is 0 Å². The second-order valence-electron chi connectivity index (χ2n) is 4.24. The van der Waals surface area contributed by atoms with Crippen molar-refractivity contribution in [2.45, 2.75) is 6.92 Å². The van der Waals surface area contributed by atoms with Crippen molar-refractivity contribution in [3.8, 4) is 11.5 Å². The number of Topliss-reactive ketones (excluding diaryl/α,β-unsaturated/α-hetero) is 1. The highest BCUT2D eigenvalue weighted by Gasteiger charge is 2.10. The smallest absolute Gasteiger partial charge is 0.200 e. The lowest BCUT2D eigenvalue weighted by molar-refractivity contribution is 0.0918. The van der Waals surface area contributed by atoms with Crippen LogP contribution in [0.2, 0.25) is 0 Å².